The fourth-order valence-corrected chi connectivity index (χ4v) is 12.0. The van der Waals surface area contributed by atoms with E-state index in [0.717, 1.165) is 0 Å². The molecule has 21 heteroatoms. The molecule has 1 radical (unpaired) electrons. The van der Waals surface area contributed by atoms with E-state index in [1.807, 2.05) is 121 Å². The van der Waals surface area contributed by atoms with Gasteiger partial charge in [0.1, 0.15) is 5.75 Å². The van der Waals surface area contributed by atoms with Crippen LogP contribution in [0.3, 0.4) is 0 Å². The molecule has 0 amide bonds. The zero-order valence-corrected chi connectivity index (χ0v) is 41.2. The summed E-state index contributed by atoms with van der Waals surface area (Å²) in [5, 5.41) is 11.8. The molecule has 6 aromatic rings. The number of halogens is 12. The van der Waals surface area contributed by atoms with Crippen molar-refractivity contribution in [3.05, 3.63) is 218 Å². The van der Waals surface area contributed by atoms with Crippen LogP contribution in [0.5, 0.6) is 5.75 Å². The van der Waals surface area contributed by atoms with Crippen molar-refractivity contribution in [3.63, 3.8) is 0 Å². The minimum Gasteiger partial charge on any atom is -0.504 e. The molecule has 0 bridgehead atoms. The molecule has 0 aliphatic heterocycles. The first-order valence-electron chi connectivity index (χ1n) is 20.5. The number of rotatable bonds is 14. The smallest absolute Gasteiger partial charge is 0.504 e. The second kappa shape index (κ2) is 27.1. The van der Waals surface area contributed by atoms with Gasteiger partial charge in [0.05, 0.1) is 6.61 Å². The zero-order valence-electron chi connectivity index (χ0n) is 37.0. The summed E-state index contributed by atoms with van der Waals surface area (Å²) in [6, 6.07) is 49.5. The van der Waals surface area contributed by atoms with Crippen molar-refractivity contribution in [2.24, 2.45) is 0 Å². The van der Waals surface area contributed by atoms with Gasteiger partial charge < -0.3 is 19.0 Å². The summed E-state index contributed by atoms with van der Waals surface area (Å²) >= 11 is 0. The number of aliphatic hydroxyl groups excluding tert-OH is 1. The van der Waals surface area contributed by atoms with Crippen molar-refractivity contribution >= 4 is 46.6 Å². The van der Waals surface area contributed by atoms with E-state index < -0.39 is 63.6 Å². The largest absolute Gasteiger partial charge is 0.573 e. The van der Waals surface area contributed by atoms with Gasteiger partial charge in [-0.05, 0) is 29.7 Å². The topological polar surface area (TPSA) is 89.9 Å². The minimum atomic E-state index is -5.42. The molecule has 0 aliphatic rings. The SMILES string of the molecule is C=C/C(=C/C/C=C\COC(F)(F)F)P(=O)(c1ccccc1)c1ccccc1.O=C(/C=C(\O)C(F)(F)F)C(F)(F)F.O=P(c1ccccc1)(c1ccccc1)c1ccccc1-c1ccc(OC(F)(F)F)cc1.[Eu]. The quantitative estimate of drug-likeness (QED) is 0.0292. The maximum atomic E-state index is 14.7. The maximum Gasteiger partial charge on any atom is 0.573 e. The molecule has 0 spiro atoms. The van der Waals surface area contributed by atoms with Crippen LogP contribution in [0.15, 0.2) is 218 Å². The first-order chi connectivity index (χ1) is 33.3. The number of ketones is 1. The van der Waals surface area contributed by atoms with E-state index in [0.29, 0.717) is 49.4 Å². The molecule has 0 aliphatic carbocycles. The average Bonchev–Trinajstić information content (AvgIpc) is 3.33. The molecule has 6 nitrogen and oxygen atoms in total. The van der Waals surface area contributed by atoms with Crippen molar-refractivity contribution in [3.8, 4) is 16.9 Å². The van der Waals surface area contributed by atoms with Gasteiger partial charge in [0, 0.05) is 87.3 Å². The number of hydrogen-bond acceptors (Lipinski definition) is 6. The van der Waals surface area contributed by atoms with Crippen LogP contribution in [-0.2, 0) is 18.7 Å². The third-order valence-electron chi connectivity index (χ3n) is 9.50. The second-order valence-electron chi connectivity index (χ2n) is 14.3. The molecule has 72 heavy (non-hydrogen) atoms. The molecule has 0 atom stereocenters. The van der Waals surface area contributed by atoms with Gasteiger partial charge in [-0.3, -0.25) is 9.53 Å². The molecular formula is C51H40EuF12O6P2. The molecular weight excluding hydrogens is 1150 g/mol. The summed E-state index contributed by atoms with van der Waals surface area (Å²) in [5.41, 5.74) is 1.34. The van der Waals surface area contributed by atoms with Crippen LogP contribution in [0.2, 0.25) is 0 Å². The number of carbonyl (C=O) groups excluding carboxylic acids is 1. The first-order valence-corrected chi connectivity index (χ1v) is 23.9. The fraction of sp³-hybridized carbons (Fsp3) is 0.118. The Morgan fingerprint density at radius 2 is 0.986 bits per heavy atom. The van der Waals surface area contributed by atoms with Gasteiger partial charge in [0.2, 0.25) is 5.76 Å². The molecule has 0 unspecified atom stereocenters. The predicted octanol–water partition coefficient (Wildman–Crippen LogP) is 13.6. The molecule has 0 aromatic heterocycles. The van der Waals surface area contributed by atoms with Crippen molar-refractivity contribution in [1.29, 1.82) is 0 Å². The van der Waals surface area contributed by atoms with Crippen LogP contribution in [0.1, 0.15) is 6.42 Å². The molecule has 1 N–H and O–H groups in total. The summed E-state index contributed by atoms with van der Waals surface area (Å²) in [5.74, 6) is -5.64. The molecule has 0 heterocycles. The van der Waals surface area contributed by atoms with Crippen LogP contribution in [0.4, 0.5) is 52.7 Å². The molecule has 0 fully saturated rings. The van der Waals surface area contributed by atoms with Crippen LogP contribution in [-0.4, -0.2) is 42.6 Å². The number of alkyl halides is 12. The molecule has 6 aromatic carbocycles. The Morgan fingerprint density at radius 3 is 1.39 bits per heavy atom. The van der Waals surface area contributed by atoms with E-state index in [9.17, 15) is 66.6 Å². The van der Waals surface area contributed by atoms with E-state index in [-0.39, 0.29) is 55.1 Å². The van der Waals surface area contributed by atoms with Gasteiger partial charge in [-0.1, -0.05) is 189 Å². The van der Waals surface area contributed by atoms with E-state index >= 15 is 0 Å². The maximum absolute atomic E-state index is 14.7. The summed E-state index contributed by atoms with van der Waals surface area (Å²) in [7, 11) is -6.35. The second-order valence-corrected chi connectivity index (χ2v) is 19.8. The van der Waals surface area contributed by atoms with E-state index in [1.165, 1.54) is 24.3 Å². The molecule has 381 valence electrons. The zero-order chi connectivity index (χ0) is 52.5. The van der Waals surface area contributed by atoms with Crippen LogP contribution < -0.4 is 31.3 Å². The van der Waals surface area contributed by atoms with Crippen LogP contribution in [0, 0.1) is 49.4 Å². The van der Waals surface area contributed by atoms with Gasteiger partial charge in [-0.25, -0.2) is 0 Å². The monoisotopic (exact) mass is 1190 g/mol. The Morgan fingerprint density at radius 1 is 0.556 bits per heavy atom. The first kappa shape index (κ1) is 61.0. The van der Waals surface area contributed by atoms with Crippen LogP contribution in [0.25, 0.3) is 11.1 Å². The van der Waals surface area contributed by atoms with E-state index in [4.69, 9.17) is 5.11 Å². The third kappa shape index (κ3) is 18.0. The number of aliphatic hydroxyl groups is 1. The Balaban J connectivity index is 0.000000306. The van der Waals surface area contributed by atoms with Crippen molar-refractivity contribution in [2.75, 3.05) is 6.61 Å². The standard InChI is InChI=1S/C25H18F3O2P.C21H20F3O2P.C5H2F6O2.Eu/c26-25(27,28)30-20-17-15-19(16-18-20)23-13-7-8-14-24(23)31(29,21-9-3-1-4-10-21)22-11-5-2-6-12-22;1-2-18(12-10-5-11-17-26-21(22,23)24)27(25,19-13-6-3-7-14-19)20-15-8-4-9-16-20;6-4(7,8)2(12)1-3(13)5(9,10)11;/h1-18H;2-9,11-16H,1,10,17H2;1,12H;/b;11-5-,18-12-;2-1-;. The minimum absolute atomic E-state index is 0. The average molecular weight is 1190 g/mol. The number of carbonyl (C=O) groups is 1. The van der Waals surface area contributed by atoms with E-state index in [1.54, 1.807) is 48.6 Å². The van der Waals surface area contributed by atoms with Gasteiger partial charge in [-0.2, -0.15) is 26.3 Å². The normalized spacial score (nSPS) is 12.6. The fourth-order valence-electron chi connectivity index (χ4n) is 6.38. The van der Waals surface area contributed by atoms with Crippen molar-refractivity contribution in [1.82, 2.24) is 0 Å². The summed E-state index contributed by atoms with van der Waals surface area (Å²) in [6.07, 6.45) is -14.7. The number of allylic oxidation sites excluding steroid dienone is 6. The predicted molar refractivity (Wildman–Crippen MR) is 250 cm³/mol. The van der Waals surface area contributed by atoms with Gasteiger partial charge in [-0.15, -0.1) is 26.3 Å². The summed E-state index contributed by atoms with van der Waals surface area (Å²) in [4.78, 5) is 9.86. The number of hydrogen-bond donors (Lipinski definition) is 1. The van der Waals surface area contributed by atoms with Gasteiger partial charge in [0.25, 0.3) is 5.78 Å². The van der Waals surface area contributed by atoms with Crippen molar-refractivity contribution in [2.45, 2.75) is 31.5 Å². The number of benzene rings is 6. The summed E-state index contributed by atoms with van der Waals surface area (Å²) < 4.78 is 178. The Labute approximate surface area is 446 Å². The molecule has 0 saturated carbocycles. The molecule has 6 rings (SSSR count). The number of ether oxygens (including phenoxy) is 2. The van der Waals surface area contributed by atoms with Crippen molar-refractivity contribution < 1.29 is 131 Å². The summed E-state index contributed by atoms with van der Waals surface area (Å²) in [6.45, 7) is 3.23. The van der Waals surface area contributed by atoms with Crippen LogP contribution >= 0.6 is 14.3 Å². The van der Waals surface area contributed by atoms with Gasteiger partial charge >= 0.3 is 25.1 Å². The Kier molecular flexibility index (Phi) is 23.0. The van der Waals surface area contributed by atoms with Gasteiger partial charge in [0.15, 0.2) is 14.3 Å². The third-order valence-corrected chi connectivity index (χ3v) is 15.8. The Hall–Kier alpha value is -5.29. The Bertz CT molecular complexity index is 2770. The molecule has 0 saturated heterocycles. The van der Waals surface area contributed by atoms with E-state index in [2.05, 4.69) is 16.1 Å².